The number of anilines is 1. The number of hydrogen-bond donors (Lipinski definition) is 1. The highest BCUT2D eigenvalue weighted by molar-refractivity contribution is 5.90. The third-order valence-corrected chi connectivity index (χ3v) is 5.52. The molecule has 0 atom stereocenters. The Hall–Kier alpha value is -3.14. The summed E-state index contributed by atoms with van der Waals surface area (Å²) in [6.45, 7) is 0. The summed E-state index contributed by atoms with van der Waals surface area (Å²) >= 11 is 0. The van der Waals surface area contributed by atoms with E-state index in [-0.39, 0.29) is 23.3 Å². The van der Waals surface area contributed by atoms with Crippen molar-refractivity contribution in [2.24, 2.45) is 5.92 Å². The second kappa shape index (κ2) is 7.70. The van der Waals surface area contributed by atoms with Gasteiger partial charge in [-0.15, -0.1) is 8.78 Å². The molecule has 1 saturated carbocycles. The first-order valence-corrected chi connectivity index (χ1v) is 9.62. The molecule has 29 heavy (non-hydrogen) atoms. The Balaban J connectivity index is 1.28. The molecule has 2 aromatic rings. The molecule has 1 N–H and O–H groups in total. The fraction of sp³-hybridized carbons (Fsp3) is 0.364. The zero-order valence-corrected chi connectivity index (χ0v) is 15.7. The SMILES string of the molecule is N#Cc1ccc(NC(=O)C[C@H]2CC[C@H](c3ccc4c(c3)OC(F)(F)O4)CC2)cc1. The molecule has 7 heteroatoms. The Bertz CT molecular complexity index is 946. The van der Waals surface area contributed by atoms with Gasteiger partial charge in [-0.1, -0.05) is 6.07 Å². The fourth-order valence-corrected chi connectivity index (χ4v) is 4.02. The van der Waals surface area contributed by atoms with Crippen molar-refractivity contribution in [3.63, 3.8) is 0 Å². The first-order valence-electron chi connectivity index (χ1n) is 9.62. The lowest BCUT2D eigenvalue weighted by Crippen LogP contribution is -2.25. The maximum atomic E-state index is 13.2. The highest BCUT2D eigenvalue weighted by atomic mass is 19.3. The molecular formula is C22H20F2N2O3. The Labute approximate surface area is 167 Å². The molecule has 0 saturated heterocycles. The summed E-state index contributed by atoms with van der Waals surface area (Å²) in [5.74, 6) is 0.658. The van der Waals surface area contributed by atoms with E-state index >= 15 is 0 Å². The number of halogens is 2. The number of nitrogens with one attached hydrogen (secondary N) is 1. The van der Waals surface area contributed by atoms with E-state index in [1.165, 1.54) is 6.07 Å². The van der Waals surface area contributed by atoms with Gasteiger partial charge in [-0.3, -0.25) is 4.79 Å². The van der Waals surface area contributed by atoms with Crippen LogP contribution in [0, 0.1) is 17.2 Å². The Morgan fingerprint density at radius 1 is 1.07 bits per heavy atom. The van der Waals surface area contributed by atoms with Gasteiger partial charge in [0.25, 0.3) is 0 Å². The molecule has 4 rings (SSSR count). The predicted octanol–water partition coefficient (Wildman–Crippen LogP) is 5.18. The smallest absolute Gasteiger partial charge is 0.395 e. The molecule has 0 aromatic heterocycles. The molecule has 1 heterocycles. The van der Waals surface area contributed by atoms with Crippen LogP contribution in [-0.4, -0.2) is 12.2 Å². The highest BCUT2D eigenvalue weighted by Gasteiger charge is 2.43. The lowest BCUT2D eigenvalue weighted by molar-refractivity contribution is -0.286. The number of nitriles is 1. The van der Waals surface area contributed by atoms with Crippen molar-refractivity contribution in [2.75, 3.05) is 5.32 Å². The van der Waals surface area contributed by atoms with E-state index in [4.69, 9.17) is 5.26 Å². The summed E-state index contributed by atoms with van der Waals surface area (Å²) in [5.41, 5.74) is 2.19. The lowest BCUT2D eigenvalue weighted by atomic mass is 9.77. The first-order chi connectivity index (χ1) is 13.9. The van der Waals surface area contributed by atoms with Crippen LogP contribution in [-0.2, 0) is 4.79 Å². The number of carbonyl (C=O) groups excluding carboxylic acids is 1. The molecule has 150 valence electrons. The molecule has 1 fully saturated rings. The van der Waals surface area contributed by atoms with Crippen molar-refractivity contribution < 1.29 is 23.0 Å². The normalized spacial score (nSPS) is 22.0. The van der Waals surface area contributed by atoms with Gasteiger partial charge in [-0.2, -0.15) is 5.26 Å². The summed E-state index contributed by atoms with van der Waals surface area (Å²) in [6, 6.07) is 13.8. The van der Waals surface area contributed by atoms with E-state index in [1.807, 2.05) is 12.1 Å². The standard InChI is InChI=1S/C22H20F2N2O3/c23-22(24)28-19-10-7-17(12-20(19)29-22)16-5-1-14(2-6-16)11-21(27)26-18-8-3-15(13-25)4-9-18/h3-4,7-10,12,14,16H,1-2,5-6,11H2,(H,26,27)/t14-,16-. The molecule has 0 bridgehead atoms. The monoisotopic (exact) mass is 398 g/mol. The van der Waals surface area contributed by atoms with Gasteiger partial charge in [0.05, 0.1) is 11.6 Å². The van der Waals surface area contributed by atoms with Crippen LogP contribution in [0.1, 0.15) is 49.1 Å². The molecular weight excluding hydrogens is 378 g/mol. The van der Waals surface area contributed by atoms with Gasteiger partial charge in [-0.25, -0.2) is 0 Å². The number of benzene rings is 2. The predicted molar refractivity (Wildman–Crippen MR) is 102 cm³/mol. The molecule has 2 aromatic carbocycles. The molecule has 1 amide bonds. The number of carbonyl (C=O) groups is 1. The van der Waals surface area contributed by atoms with E-state index in [2.05, 4.69) is 14.8 Å². The van der Waals surface area contributed by atoms with Crippen LogP contribution in [0.5, 0.6) is 11.5 Å². The number of ether oxygens (including phenoxy) is 2. The number of rotatable bonds is 4. The third-order valence-electron chi connectivity index (χ3n) is 5.52. The average molecular weight is 398 g/mol. The van der Waals surface area contributed by atoms with E-state index in [0.717, 1.165) is 31.2 Å². The largest absolute Gasteiger partial charge is 0.586 e. The maximum Gasteiger partial charge on any atom is 0.586 e. The summed E-state index contributed by atoms with van der Waals surface area (Å²) in [4.78, 5) is 12.3. The van der Waals surface area contributed by atoms with Crippen molar-refractivity contribution >= 4 is 11.6 Å². The van der Waals surface area contributed by atoms with Gasteiger partial charge in [0.2, 0.25) is 5.91 Å². The Kier molecular flexibility index (Phi) is 5.10. The van der Waals surface area contributed by atoms with Gasteiger partial charge in [-0.05, 0) is 79.5 Å². The molecule has 0 spiro atoms. The van der Waals surface area contributed by atoms with Crippen LogP contribution in [0.4, 0.5) is 14.5 Å². The number of amides is 1. The first kappa shape index (κ1) is 19.2. The van der Waals surface area contributed by atoms with Gasteiger partial charge in [0.15, 0.2) is 11.5 Å². The zero-order chi connectivity index (χ0) is 20.4. The van der Waals surface area contributed by atoms with Crippen molar-refractivity contribution in [2.45, 2.75) is 44.3 Å². The molecule has 1 aliphatic carbocycles. The lowest BCUT2D eigenvalue weighted by Gasteiger charge is -2.28. The number of fused-ring (bicyclic) bond motifs is 1. The number of nitrogens with zero attached hydrogens (tertiary/aromatic N) is 1. The fourth-order valence-electron chi connectivity index (χ4n) is 4.02. The summed E-state index contributed by atoms with van der Waals surface area (Å²) in [7, 11) is 0. The van der Waals surface area contributed by atoms with Crippen molar-refractivity contribution in [1.29, 1.82) is 5.26 Å². The molecule has 2 aliphatic rings. The van der Waals surface area contributed by atoms with E-state index in [1.54, 1.807) is 30.3 Å². The molecule has 0 radical (unpaired) electrons. The van der Waals surface area contributed by atoms with Gasteiger partial charge in [0.1, 0.15) is 0 Å². The summed E-state index contributed by atoms with van der Waals surface area (Å²) in [5, 5.41) is 11.7. The van der Waals surface area contributed by atoms with E-state index in [9.17, 15) is 13.6 Å². The van der Waals surface area contributed by atoms with E-state index < -0.39 is 6.29 Å². The molecule has 0 unspecified atom stereocenters. The second-order valence-corrected chi connectivity index (χ2v) is 7.53. The summed E-state index contributed by atoms with van der Waals surface area (Å²) < 4.78 is 35.4. The highest BCUT2D eigenvalue weighted by Crippen LogP contribution is 2.44. The summed E-state index contributed by atoms with van der Waals surface area (Å²) in [6.07, 6.45) is 0.433. The average Bonchev–Trinajstić information content (AvgIpc) is 3.02. The van der Waals surface area contributed by atoms with Gasteiger partial charge < -0.3 is 14.8 Å². The van der Waals surface area contributed by atoms with Crippen LogP contribution >= 0.6 is 0 Å². The molecule has 5 nitrogen and oxygen atoms in total. The van der Waals surface area contributed by atoms with Crippen LogP contribution < -0.4 is 14.8 Å². The van der Waals surface area contributed by atoms with Crippen LogP contribution in [0.15, 0.2) is 42.5 Å². The van der Waals surface area contributed by atoms with E-state index in [0.29, 0.717) is 23.6 Å². The van der Waals surface area contributed by atoms with Crippen molar-refractivity contribution in [1.82, 2.24) is 0 Å². The minimum atomic E-state index is -3.60. The van der Waals surface area contributed by atoms with Crippen LogP contribution in [0.2, 0.25) is 0 Å². The number of alkyl halides is 2. The van der Waals surface area contributed by atoms with Crippen LogP contribution in [0.25, 0.3) is 0 Å². The maximum absolute atomic E-state index is 13.2. The third kappa shape index (κ3) is 4.48. The number of hydrogen-bond acceptors (Lipinski definition) is 4. The van der Waals surface area contributed by atoms with Crippen molar-refractivity contribution in [3.05, 3.63) is 53.6 Å². The van der Waals surface area contributed by atoms with Gasteiger partial charge >= 0.3 is 6.29 Å². The van der Waals surface area contributed by atoms with Crippen LogP contribution in [0.3, 0.4) is 0 Å². The second-order valence-electron chi connectivity index (χ2n) is 7.53. The quantitative estimate of drug-likeness (QED) is 0.770. The molecule has 1 aliphatic heterocycles. The minimum absolute atomic E-state index is 0.0385. The topological polar surface area (TPSA) is 71.4 Å². The van der Waals surface area contributed by atoms with Crippen molar-refractivity contribution in [3.8, 4) is 17.6 Å². The Morgan fingerprint density at radius 3 is 2.45 bits per heavy atom. The Morgan fingerprint density at radius 2 is 1.76 bits per heavy atom. The minimum Gasteiger partial charge on any atom is -0.395 e. The van der Waals surface area contributed by atoms with Gasteiger partial charge in [0, 0.05) is 12.1 Å². The zero-order valence-electron chi connectivity index (χ0n) is 15.7.